The fourth-order valence-corrected chi connectivity index (χ4v) is 10.8. The second-order valence-corrected chi connectivity index (χ2v) is 15.1. The number of aliphatic carboxylic acids is 1. The largest absolute Gasteiger partial charge is 0.481 e. The molecule has 0 amide bonds. The monoisotopic (exact) mass is 488 g/mol. The smallest absolute Gasteiger partial charge is 0.310 e. The highest BCUT2D eigenvalue weighted by Gasteiger charge is 2.70. The molecule has 5 nitrogen and oxygen atoms in total. The molecule has 5 heteroatoms. The molecule has 0 aliphatic heterocycles. The molecule has 4 N–H and O–H groups in total. The molecule has 0 saturated heterocycles. The summed E-state index contributed by atoms with van der Waals surface area (Å²) in [6.45, 7) is 13.6. The third kappa shape index (κ3) is 3.07. The molecule has 0 spiro atoms. The van der Waals surface area contributed by atoms with Gasteiger partial charge in [0.15, 0.2) is 0 Å². The number of hydrogen-bond acceptors (Lipinski definition) is 4. The van der Waals surface area contributed by atoms with Crippen molar-refractivity contribution in [2.75, 3.05) is 6.61 Å². The van der Waals surface area contributed by atoms with E-state index < -0.39 is 29.0 Å². The Kier molecular flexibility index (Phi) is 5.56. The number of allylic oxidation sites excluding steroid dienone is 2. The van der Waals surface area contributed by atoms with E-state index in [4.69, 9.17) is 0 Å². The summed E-state index contributed by atoms with van der Waals surface area (Å²) in [5, 5.41) is 42.8. The summed E-state index contributed by atoms with van der Waals surface area (Å²) in [5.74, 6) is -0.0472. The first-order valence-corrected chi connectivity index (χ1v) is 14.0. The van der Waals surface area contributed by atoms with Crippen molar-refractivity contribution in [1.82, 2.24) is 0 Å². The Hall–Kier alpha value is -0.910. The van der Waals surface area contributed by atoms with Gasteiger partial charge in [0.05, 0.1) is 24.2 Å². The number of carboxylic acid groups (broad SMARTS) is 1. The average molecular weight is 489 g/mol. The van der Waals surface area contributed by atoms with E-state index in [1.54, 1.807) is 0 Å². The summed E-state index contributed by atoms with van der Waals surface area (Å²) in [6, 6.07) is 0. The van der Waals surface area contributed by atoms with Crippen molar-refractivity contribution >= 4 is 5.97 Å². The second-order valence-electron chi connectivity index (χ2n) is 15.1. The van der Waals surface area contributed by atoms with Gasteiger partial charge in [-0.05, 0) is 97.2 Å². The van der Waals surface area contributed by atoms with Crippen LogP contribution in [0, 0.1) is 50.2 Å². The summed E-state index contributed by atoms with van der Waals surface area (Å²) in [5.41, 5.74) is -0.0632. The van der Waals surface area contributed by atoms with Crippen LogP contribution in [0.1, 0.15) is 99.3 Å². The number of hydrogen-bond donors (Lipinski definition) is 4. The number of aliphatic hydroxyl groups is 3. The van der Waals surface area contributed by atoms with Crippen LogP contribution in [0.15, 0.2) is 11.6 Å². The fraction of sp³-hybridized carbons (Fsp3) is 0.900. The van der Waals surface area contributed by atoms with Crippen molar-refractivity contribution in [3.8, 4) is 0 Å². The number of carboxylic acids is 1. The van der Waals surface area contributed by atoms with Crippen LogP contribution in [-0.4, -0.2) is 45.2 Å². The van der Waals surface area contributed by atoms with E-state index in [2.05, 4.69) is 40.7 Å². The Balaban J connectivity index is 1.61. The molecule has 35 heavy (non-hydrogen) atoms. The van der Waals surface area contributed by atoms with Gasteiger partial charge in [-0.15, -0.1) is 0 Å². The molecule has 0 heterocycles. The highest BCUT2D eigenvalue weighted by atomic mass is 16.4. The Morgan fingerprint density at radius 2 is 1.60 bits per heavy atom. The molecule has 0 aromatic heterocycles. The zero-order valence-electron chi connectivity index (χ0n) is 22.7. The van der Waals surface area contributed by atoms with Gasteiger partial charge in [-0.2, -0.15) is 0 Å². The first-order valence-electron chi connectivity index (χ1n) is 14.0. The lowest BCUT2D eigenvalue weighted by Gasteiger charge is -2.71. The van der Waals surface area contributed by atoms with E-state index >= 15 is 0 Å². The van der Waals surface area contributed by atoms with Gasteiger partial charge in [0.25, 0.3) is 0 Å². The number of aliphatic hydroxyl groups excluding tert-OH is 3. The first kappa shape index (κ1) is 25.7. The van der Waals surface area contributed by atoms with Crippen molar-refractivity contribution in [2.24, 2.45) is 50.2 Å². The molecule has 0 aromatic carbocycles. The normalized spacial score (nSPS) is 55.0. The third-order valence-corrected chi connectivity index (χ3v) is 13.2. The summed E-state index contributed by atoms with van der Waals surface area (Å²) in [6.07, 6.45) is 8.40. The number of carbonyl (C=O) groups is 1. The van der Waals surface area contributed by atoms with E-state index in [1.165, 1.54) is 5.57 Å². The fourth-order valence-electron chi connectivity index (χ4n) is 10.8. The van der Waals surface area contributed by atoms with Crippen LogP contribution < -0.4 is 0 Å². The second kappa shape index (κ2) is 7.57. The van der Waals surface area contributed by atoms with Gasteiger partial charge in [0, 0.05) is 5.41 Å². The molecule has 5 rings (SSSR count). The van der Waals surface area contributed by atoms with Crippen LogP contribution in [0.4, 0.5) is 0 Å². The number of rotatable bonds is 2. The van der Waals surface area contributed by atoms with Crippen molar-refractivity contribution in [3.05, 3.63) is 11.6 Å². The maximum atomic E-state index is 12.8. The van der Waals surface area contributed by atoms with Crippen LogP contribution in [0.5, 0.6) is 0 Å². The highest BCUT2D eigenvalue weighted by Crippen LogP contribution is 2.75. The maximum absolute atomic E-state index is 12.8. The van der Waals surface area contributed by atoms with Gasteiger partial charge in [-0.1, -0.05) is 53.2 Å². The van der Waals surface area contributed by atoms with Crippen molar-refractivity contribution < 1.29 is 25.2 Å². The van der Waals surface area contributed by atoms with Gasteiger partial charge in [-0.25, -0.2) is 0 Å². The number of fused-ring (bicyclic) bond motifs is 7. The molecule has 4 fully saturated rings. The van der Waals surface area contributed by atoms with Crippen LogP contribution in [0.25, 0.3) is 0 Å². The quantitative estimate of drug-likeness (QED) is 0.402. The lowest BCUT2D eigenvalue weighted by Crippen LogP contribution is -2.68. The van der Waals surface area contributed by atoms with E-state index in [0.29, 0.717) is 12.3 Å². The zero-order chi connectivity index (χ0) is 25.8. The molecule has 0 radical (unpaired) electrons. The minimum Gasteiger partial charge on any atom is -0.481 e. The Labute approximate surface area is 211 Å². The molecule has 5 aliphatic rings. The average Bonchev–Trinajstić information content (AvgIpc) is 2.77. The van der Waals surface area contributed by atoms with Crippen molar-refractivity contribution in [3.63, 3.8) is 0 Å². The molecule has 0 unspecified atom stereocenters. The van der Waals surface area contributed by atoms with Gasteiger partial charge < -0.3 is 20.4 Å². The SMILES string of the molecule is CC1(C)CC[C@]2(C(=O)O)CC[C@]3(C)C(=CC[C@@H]4[C@]5(C)C[C@H](O)[C@H](O)[C@](C)(CO)[C@@H]5CC[C@@]43C)[C@H]2C1. The molecule has 0 bridgehead atoms. The van der Waals surface area contributed by atoms with E-state index in [-0.39, 0.29) is 40.1 Å². The van der Waals surface area contributed by atoms with E-state index in [1.807, 2.05) is 6.92 Å². The Bertz CT molecular complexity index is 941. The molecular weight excluding hydrogens is 440 g/mol. The van der Waals surface area contributed by atoms with Crippen LogP contribution in [0.2, 0.25) is 0 Å². The summed E-state index contributed by atoms with van der Waals surface area (Å²) >= 11 is 0. The van der Waals surface area contributed by atoms with Crippen LogP contribution >= 0.6 is 0 Å². The summed E-state index contributed by atoms with van der Waals surface area (Å²) < 4.78 is 0. The molecule has 4 saturated carbocycles. The molecule has 198 valence electrons. The van der Waals surface area contributed by atoms with Gasteiger partial charge >= 0.3 is 5.97 Å². The molecule has 5 aliphatic carbocycles. The van der Waals surface area contributed by atoms with Gasteiger partial charge in [0.2, 0.25) is 0 Å². The highest BCUT2D eigenvalue weighted by molar-refractivity contribution is 5.76. The minimum atomic E-state index is -0.907. The topological polar surface area (TPSA) is 98.0 Å². The van der Waals surface area contributed by atoms with Crippen LogP contribution in [0.3, 0.4) is 0 Å². The standard InChI is InChI=1S/C30H48O5/c1-25(2)11-13-30(24(34)35)14-12-28(5)18(19(30)15-25)7-8-22-26(3)16-20(32)23(33)27(4,17-31)21(26)9-10-29(22,28)6/h7,19-23,31-33H,8-17H2,1-6H3,(H,34,35)/t19-,20+,21-,22-,23+,26-,27-,28-,29+,30+/m1/s1. The molecular formula is C30H48O5. The Morgan fingerprint density at radius 1 is 0.943 bits per heavy atom. The maximum Gasteiger partial charge on any atom is 0.310 e. The Morgan fingerprint density at radius 3 is 2.23 bits per heavy atom. The van der Waals surface area contributed by atoms with Gasteiger partial charge in [0.1, 0.15) is 0 Å². The van der Waals surface area contributed by atoms with Crippen LogP contribution in [-0.2, 0) is 4.79 Å². The minimum absolute atomic E-state index is 0.00698. The predicted octanol–water partition coefficient (Wildman–Crippen LogP) is 5.18. The lowest BCUT2D eigenvalue weighted by atomic mass is 9.33. The van der Waals surface area contributed by atoms with Gasteiger partial charge in [-0.3, -0.25) is 4.79 Å². The van der Waals surface area contributed by atoms with E-state index in [9.17, 15) is 25.2 Å². The van der Waals surface area contributed by atoms with Crippen molar-refractivity contribution in [1.29, 1.82) is 0 Å². The van der Waals surface area contributed by atoms with E-state index in [0.717, 1.165) is 51.4 Å². The zero-order valence-corrected chi connectivity index (χ0v) is 22.7. The first-order chi connectivity index (χ1) is 16.1. The molecule has 10 atom stereocenters. The predicted molar refractivity (Wildman–Crippen MR) is 135 cm³/mol. The summed E-state index contributed by atoms with van der Waals surface area (Å²) in [7, 11) is 0. The lowest BCUT2D eigenvalue weighted by molar-refractivity contribution is -0.243. The third-order valence-electron chi connectivity index (χ3n) is 13.2. The summed E-state index contributed by atoms with van der Waals surface area (Å²) in [4.78, 5) is 12.8. The van der Waals surface area contributed by atoms with Crippen molar-refractivity contribution in [2.45, 2.75) is 112 Å². The molecule has 0 aromatic rings.